The summed E-state index contributed by atoms with van der Waals surface area (Å²) in [6.45, 7) is 18.6. The Morgan fingerprint density at radius 1 is 1.14 bits per heavy atom. The molecule has 0 radical (unpaired) electrons. The zero-order valence-electron chi connectivity index (χ0n) is 19.0. The fourth-order valence-corrected chi connectivity index (χ4v) is 7.87. The molecule has 1 nitrogen and oxygen atoms in total. The largest absolute Gasteiger partial charge is 0.414 e. The molecule has 0 bridgehead atoms. The van der Waals surface area contributed by atoms with E-state index in [9.17, 15) is 0 Å². The lowest BCUT2D eigenvalue weighted by molar-refractivity contribution is 0.00248. The first-order valence-electron chi connectivity index (χ1n) is 11.5. The Kier molecular flexibility index (Phi) is 4.99. The lowest BCUT2D eigenvalue weighted by Gasteiger charge is -2.53. The van der Waals surface area contributed by atoms with E-state index in [4.69, 9.17) is 4.43 Å². The molecule has 4 rings (SSSR count). The van der Waals surface area contributed by atoms with Crippen LogP contribution in [0.2, 0.25) is 18.1 Å². The molecule has 0 aliphatic heterocycles. The topological polar surface area (TPSA) is 9.23 Å². The third kappa shape index (κ3) is 3.15. The van der Waals surface area contributed by atoms with Gasteiger partial charge in [-0.1, -0.05) is 58.5 Å². The molecule has 2 fully saturated rings. The molecule has 0 aromatic heterocycles. The minimum atomic E-state index is -1.69. The van der Waals surface area contributed by atoms with Gasteiger partial charge >= 0.3 is 0 Å². The molecule has 0 saturated heterocycles. The lowest BCUT2D eigenvalue weighted by Crippen LogP contribution is -2.48. The number of hydrogen-bond acceptors (Lipinski definition) is 1. The average molecular weight is 397 g/mol. The van der Waals surface area contributed by atoms with Crippen molar-refractivity contribution in [3.8, 4) is 0 Å². The van der Waals surface area contributed by atoms with E-state index >= 15 is 0 Å². The summed E-state index contributed by atoms with van der Waals surface area (Å²) in [4.78, 5) is 0. The van der Waals surface area contributed by atoms with E-state index in [0.29, 0.717) is 16.6 Å². The van der Waals surface area contributed by atoms with E-state index in [1.807, 2.05) is 6.08 Å². The number of rotatable bonds is 3. The minimum Gasteiger partial charge on any atom is -0.414 e. The van der Waals surface area contributed by atoms with Gasteiger partial charge in [0, 0.05) is 6.10 Å². The van der Waals surface area contributed by atoms with Crippen LogP contribution in [0.3, 0.4) is 0 Å². The molecule has 5 atom stereocenters. The van der Waals surface area contributed by atoms with Crippen molar-refractivity contribution in [1.29, 1.82) is 0 Å². The van der Waals surface area contributed by atoms with Crippen molar-refractivity contribution in [2.24, 2.45) is 17.3 Å². The van der Waals surface area contributed by atoms with Crippen molar-refractivity contribution in [3.05, 3.63) is 41.5 Å². The van der Waals surface area contributed by atoms with Gasteiger partial charge in [0.15, 0.2) is 8.32 Å². The maximum absolute atomic E-state index is 6.98. The fourth-order valence-electron chi connectivity index (χ4n) is 6.47. The zero-order chi connectivity index (χ0) is 20.3. The molecule has 1 aromatic carbocycles. The monoisotopic (exact) mass is 396 g/mol. The van der Waals surface area contributed by atoms with Crippen molar-refractivity contribution in [2.75, 3.05) is 0 Å². The van der Waals surface area contributed by atoms with E-state index < -0.39 is 8.32 Å². The third-order valence-electron chi connectivity index (χ3n) is 9.15. The van der Waals surface area contributed by atoms with E-state index in [0.717, 1.165) is 17.8 Å². The standard InChI is InChI=1S/C26H40OSi/c1-8-18-9-10-20-19(17-18)15-16-26(5)22(20)12-11-21-23(26)13-14-24(21)27-28(6,7)25(2,3)4/h8-10,17,21-24H,1,11-16H2,2-7H3/t21-,22+,23+,24-,26+/m0/s1. The van der Waals surface area contributed by atoms with Gasteiger partial charge in [-0.3, -0.25) is 0 Å². The molecular formula is C26H40OSi. The van der Waals surface area contributed by atoms with Gasteiger partial charge in [-0.25, -0.2) is 0 Å². The first-order chi connectivity index (χ1) is 13.1. The van der Waals surface area contributed by atoms with E-state index in [1.165, 1.54) is 44.1 Å². The van der Waals surface area contributed by atoms with Crippen LogP contribution in [-0.4, -0.2) is 14.4 Å². The molecule has 2 saturated carbocycles. The number of hydrogen-bond donors (Lipinski definition) is 0. The summed E-state index contributed by atoms with van der Waals surface area (Å²) in [6.07, 6.45) is 10.4. The van der Waals surface area contributed by atoms with E-state index in [1.54, 1.807) is 11.1 Å². The molecular weight excluding hydrogens is 356 g/mol. The molecule has 0 unspecified atom stereocenters. The van der Waals surface area contributed by atoms with Crippen molar-refractivity contribution in [2.45, 2.75) is 96.4 Å². The molecule has 1 aromatic rings. The van der Waals surface area contributed by atoms with Gasteiger partial charge in [0.1, 0.15) is 0 Å². The quantitative estimate of drug-likeness (QED) is 0.478. The first kappa shape index (κ1) is 20.4. The Morgan fingerprint density at radius 2 is 1.89 bits per heavy atom. The second kappa shape index (κ2) is 6.84. The highest BCUT2D eigenvalue weighted by molar-refractivity contribution is 6.74. The van der Waals surface area contributed by atoms with Crippen molar-refractivity contribution >= 4 is 14.4 Å². The molecule has 0 heterocycles. The second-order valence-electron chi connectivity index (χ2n) is 11.6. The SMILES string of the molecule is C=Cc1ccc2c(c1)CC[C@]1(C)[C@@H]2CC[C@@H]2[C@@H](O[Si](C)(C)C(C)(C)C)CC[C@H]21. The van der Waals surface area contributed by atoms with Crippen LogP contribution in [0.25, 0.3) is 6.08 Å². The molecule has 0 N–H and O–H groups in total. The Morgan fingerprint density at radius 3 is 2.57 bits per heavy atom. The highest BCUT2D eigenvalue weighted by atomic mass is 28.4. The summed E-state index contributed by atoms with van der Waals surface area (Å²) >= 11 is 0. The predicted molar refractivity (Wildman–Crippen MR) is 123 cm³/mol. The summed E-state index contributed by atoms with van der Waals surface area (Å²) in [6, 6.07) is 7.10. The highest BCUT2D eigenvalue weighted by Crippen LogP contribution is 2.63. The van der Waals surface area contributed by atoms with Crippen LogP contribution in [0, 0.1) is 17.3 Å². The summed E-state index contributed by atoms with van der Waals surface area (Å²) in [5.41, 5.74) is 4.97. The van der Waals surface area contributed by atoms with Crippen molar-refractivity contribution in [3.63, 3.8) is 0 Å². The Bertz CT molecular complexity index is 758. The minimum absolute atomic E-state index is 0.304. The van der Waals surface area contributed by atoms with E-state index in [-0.39, 0.29) is 0 Å². The maximum Gasteiger partial charge on any atom is 0.192 e. The van der Waals surface area contributed by atoms with Crippen molar-refractivity contribution < 1.29 is 4.43 Å². The van der Waals surface area contributed by atoms with Gasteiger partial charge in [-0.15, -0.1) is 0 Å². The smallest absolute Gasteiger partial charge is 0.192 e. The van der Waals surface area contributed by atoms with Crippen LogP contribution < -0.4 is 0 Å². The van der Waals surface area contributed by atoms with Crippen LogP contribution in [0.5, 0.6) is 0 Å². The fraction of sp³-hybridized carbons (Fsp3) is 0.692. The van der Waals surface area contributed by atoms with Crippen LogP contribution >= 0.6 is 0 Å². The molecule has 28 heavy (non-hydrogen) atoms. The predicted octanol–water partition coefficient (Wildman–Crippen LogP) is 7.58. The molecule has 154 valence electrons. The number of fused-ring (bicyclic) bond motifs is 5. The summed E-state index contributed by atoms with van der Waals surface area (Å²) in [7, 11) is -1.69. The lowest BCUT2D eigenvalue weighted by atomic mass is 9.52. The normalized spacial score (nSPS) is 35.1. The summed E-state index contributed by atoms with van der Waals surface area (Å²) < 4.78 is 6.98. The molecule has 3 aliphatic rings. The highest BCUT2D eigenvalue weighted by Gasteiger charge is 2.55. The van der Waals surface area contributed by atoms with Crippen LogP contribution in [0.4, 0.5) is 0 Å². The second-order valence-corrected chi connectivity index (χ2v) is 16.3. The Balaban J connectivity index is 1.58. The maximum atomic E-state index is 6.98. The Hall–Kier alpha value is -0.863. The number of aryl methyl sites for hydroxylation is 1. The third-order valence-corrected chi connectivity index (χ3v) is 13.7. The van der Waals surface area contributed by atoms with Crippen LogP contribution in [0.1, 0.15) is 82.4 Å². The Labute approximate surface area is 174 Å². The summed E-state index contributed by atoms with van der Waals surface area (Å²) in [5.74, 6) is 2.36. The van der Waals surface area contributed by atoms with Gasteiger partial charge in [-0.05, 0) is 96.5 Å². The van der Waals surface area contributed by atoms with E-state index in [2.05, 4.69) is 65.6 Å². The van der Waals surface area contributed by atoms with Gasteiger partial charge < -0.3 is 4.43 Å². The van der Waals surface area contributed by atoms with Crippen molar-refractivity contribution in [1.82, 2.24) is 0 Å². The van der Waals surface area contributed by atoms with Gasteiger partial charge in [0.25, 0.3) is 0 Å². The molecule has 2 heteroatoms. The molecule has 0 amide bonds. The van der Waals surface area contributed by atoms with Gasteiger partial charge in [0.05, 0.1) is 0 Å². The summed E-state index contributed by atoms with van der Waals surface area (Å²) in [5, 5.41) is 0.304. The van der Waals surface area contributed by atoms with Crippen LogP contribution in [-0.2, 0) is 10.8 Å². The van der Waals surface area contributed by atoms with Gasteiger partial charge in [0.2, 0.25) is 0 Å². The zero-order valence-corrected chi connectivity index (χ0v) is 20.0. The molecule has 0 spiro atoms. The first-order valence-corrected chi connectivity index (χ1v) is 14.4. The number of benzene rings is 1. The molecule has 3 aliphatic carbocycles. The van der Waals surface area contributed by atoms with Crippen LogP contribution in [0.15, 0.2) is 24.8 Å². The van der Waals surface area contributed by atoms with Gasteiger partial charge in [-0.2, -0.15) is 0 Å². The average Bonchev–Trinajstić information content (AvgIpc) is 3.03.